The van der Waals surface area contributed by atoms with Crippen LogP contribution in [0, 0.1) is 0 Å². The summed E-state index contributed by atoms with van der Waals surface area (Å²) in [6, 6.07) is 4.05. The van der Waals surface area contributed by atoms with Crippen LogP contribution in [0.5, 0.6) is 5.75 Å². The number of nitrogens with two attached hydrogens (primary N) is 1. The zero-order valence-electron chi connectivity index (χ0n) is 12.7. The van der Waals surface area contributed by atoms with Gasteiger partial charge in [-0.05, 0) is 32.0 Å². The highest BCUT2D eigenvalue weighted by molar-refractivity contribution is 7.89. The third kappa shape index (κ3) is 6.28. The molecule has 0 saturated heterocycles. The van der Waals surface area contributed by atoms with Crippen molar-refractivity contribution in [3.05, 3.63) is 23.2 Å². The van der Waals surface area contributed by atoms with E-state index in [1.165, 1.54) is 12.1 Å². The van der Waals surface area contributed by atoms with Crippen molar-refractivity contribution in [3.63, 3.8) is 0 Å². The maximum atomic E-state index is 12.4. The average molecular weight is 373 g/mol. The lowest BCUT2D eigenvalue weighted by atomic mass is 10.3. The van der Waals surface area contributed by atoms with Crippen LogP contribution in [0.4, 0.5) is 0 Å². The molecule has 1 unspecified atom stereocenters. The first kappa shape index (κ1) is 21.4. The summed E-state index contributed by atoms with van der Waals surface area (Å²) in [4.78, 5) is -0.0155. The largest absolute Gasteiger partial charge is 0.487 e. The van der Waals surface area contributed by atoms with E-state index in [2.05, 4.69) is 4.72 Å². The van der Waals surface area contributed by atoms with Crippen molar-refractivity contribution in [1.82, 2.24) is 4.72 Å². The standard InChI is InChI=1S/C13H21ClN2O4S.ClH/c1-9(7-15)16-21(17,18)13-6-11(14)4-5-12(13)20-10(2)8-19-3;/h4-6,9-10,16H,7-8,15H2,1-3H3;1H/t9-,10?;/m0./s1. The Bertz CT molecular complexity index is 569. The maximum Gasteiger partial charge on any atom is 0.244 e. The summed E-state index contributed by atoms with van der Waals surface area (Å²) < 4.78 is 37.8. The van der Waals surface area contributed by atoms with Gasteiger partial charge >= 0.3 is 0 Å². The van der Waals surface area contributed by atoms with Crippen LogP contribution >= 0.6 is 24.0 Å². The number of hydrogen-bond acceptors (Lipinski definition) is 5. The van der Waals surface area contributed by atoms with E-state index >= 15 is 0 Å². The third-order valence-electron chi connectivity index (χ3n) is 2.63. The van der Waals surface area contributed by atoms with Crippen molar-refractivity contribution < 1.29 is 17.9 Å². The van der Waals surface area contributed by atoms with E-state index in [1.54, 1.807) is 27.0 Å². The van der Waals surface area contributed by atoms with Gasteiger partial charge in [0.2, 0.25) is 10.0 Å². The number of halogens is 2. The van der Waals surface area contributed by atoms with Gasteiger partial charge in [-0.15, -0.1) is 12.4 Å². The van der Waals surface area contributed by atoms with Crippen LogP contribution in [-0.2, 0) is 14.8 Å². The van der Waals surface area contributed by atoms with Crippen molar-refractivity contribution >= 4 is 34.0 Å². The Kier molecular flexibility index (Phi) is 9.30. The highest BCUT2D eigenvalue weighted by Crippen LogP contribution is 2.28. The van der Waals surface area contributed by atoms with Gasteiger partial charge in [0.25, 0.3) is 0 Å². The third-order valence-corrected chi connectivity index (χ3v) is 4.48. The highest BCUT2D eigenvalue weighted by atomic mass is 35.5. The average Bonchev–Trinajstić information content (AvgIpc) is 2.40. The van der Waals surface area contributed by atoms with Gasteiger partial charge in [-0.1, -0.05) is 11.6 Å². The molecule has 0 heterocycles. The van der Waals surface area contributed by atoms with Gasteiger partial charge in [-0.25, -0.2) is 13.1 Å². The number of rotatable bonds is 8. The molecule has 0 aliphatic carbocycles. The van der Waals surface area contributed by atoms with Crippen molar-refractivity contribution in [2.45, 2.75) is 30.9 Å². The summed E-state index contributed by atoms with van der Waals surface area (Å²) in [5.74, 6) is 0.223. The van der Waals surface area contributed by atoms with Crippen LogP contribution in [0.3, 0.4) is 0 Å². The van der Waals surface area contributed by atoms with Crippen LogP contribution in [-0.4, -0.2) is 40.8 Å². The first-order valence-corrected chi connectivity index (χ1v) is 8.33. The molecule has 9 heteroatoms. The van der Waals surface area contributed by atoms with Crippen LogP contribution < -0.4 is 15.2 Å². The number of benzene rings is 1. The van der Waals surface area contributed by atoms with Gasteiger partial charge in [0.15, 0.2) is 0 Å². The van der Waals surface area contributed by atoms with Crippen molar-refractivity contribution in [2.75, 3.05) is 20.3 Å². The highest BCUT2D eigenvalue weighted by Gasteiger charge is 2.23. The Morgan fingerprint density at radius 1 is 1.36 bits per heavy atom. The van der Waals surface area contributed by atoms with E-state index in [0.717, 1.165) is 0 Å². The number of methoxy groups -OCH3 is 1. The van der Waals surface area contributed by atoms with Gasteiger partial charge in [0, 0.05) is 24.7 Å². The second kappa shape index (κ2) is 9.54. The fourth-order valence-corrected chi connectivity index (χ4v) is 3.30. The Morgan fingerprint density at radius 2 is 2.00 bits per heavy atom. The maximum absolute atomic E-state index is 12.4. The van der Waals surface area contributed by atoms with Crippen LogP contribution in [0.2, 0.25) is 5.02 Å². The molecule has 0 fully saturated rings. The van der Waals surface area contributed by atoms with Gasteiger partial charge in [0.1, 0.15) is 16.7 Å². The molecule has 3 N–H and O–H groups in total. The smallest absolute Gasteiger partial charge is 0.244 e. The summed E-state index contributed by atoms with van der Waals surface area (Å²) in [6.07, 6.45) is -0.294. The molecule has 1 rings (SSSR count). The van der Waals surface area contributed by atoms with Crippen LogP contribution in [0.1, 0.15) is 13.8 Å². The van der Waals surface area contributed by atoms with E-state index in [1.807, 2.05) is 0 Å². The first-order chi connectivity index (χ1) is 9.80. The summed E-state index contributed by atoms with van der Waals surface area (Å²) >= 11 is 5.89. The Hall–Kier alpha value is -0.570. The lowest BCUT2D eigenvalue weighted by Gasteiger charge is -2.18. The van der Waals surface area contributed by atoms with E-state index in [4.69, 9.17) is 26.8 Å². The summed E-state index contributed by atoms with van der Waals surface area (Å²) in [6.45, 7) is 3.99. The quantitative estimate of drug-likeness (QED) is 0.725. The summed E-state index contributed by atoms with van der Waals surface area (Å²) in [5.41, 5.74) is 5.44. The van der Waals surface area contributed by atoms with Crippen molar-refractivity contribution in [3.8, 4) is 5.75 Å². The topological polar surface area (TPSA) is 90.6 Å². The number of sulfonamides is 1. The molecule has 1 aromatic carbocycles. The molecule has 0 saturated carbocycles. The minimum absolute atomic E-state index is 0. The number of nitrogens with one attached hydrogen (secondary N) is 1. The second-order valence-electron chi connectivity index (χ2n) is 4.73. The summed E-state index contributed by atoms with van der Waals surface area (Å²) in [7, 11) is -2.22. The molecule has 2 atom stereocenters. The molecule has 0 radical (unpaired) electrons. The van der Waals surface area contributed by atoms with Crippen molar-refractivity contribution in [1.29, 1.82) is 0 Å². The van der Waals surface area contributed by atoms with Gasteiger partial charge < -0.3 is 15.2 Å². The molecule has 0 aromatic heterocycles. The lowest BCUT2D eigenvalue weighted by Crippen LogP contribution is -2.38. The van der Waals surface area contributed by atoms with Gasteiger partial charge in [-0.3, -0.25) is 0 Å². The molecular formula is C13H22Cl2N2O4S. The second-order valence-corrected chi connectivity index (χ2v) is 6.85. The van der Waals surface area contributed by atoms with Crippen LogP contribution in [0.15, 0.2) is 23.1 Å². The molecule has 0 bridgehead atoms. The fraction of sp³-hybridized carbons (Fsp3) is 0.538. The van der Waals surface area contributed by atoms with Gasteiger partial charge in [-0.2, -0.15) is 0 Å². The van der Waals surface area contributed by atoms with E-state index in [9.17, 15) is 8.42 Å². The molecule has 0 amide bonds. The SMILES string of the molecule is COCC(C)Oc1ccc(Cl)cc1S(=O)(=O)N[C@@H](C)CN.Cl. The normalized spacial score (nSPS) is 14.0. The van der Waals surface area contributed by atoms with E-state index < -0.39 is 16.1 Å². The first-order valence-electron chi connectivity index (χ1n) is 6.47. The fourth-order valence-electron chi connectivity index (χ4n) is 1.65. The molecular weight excluding hydrogens is 351 g/mol. The molecule has 0 aliphatic heterocycles. The number of ether oxygens (including phenoxy) is 2. The predicted molar refractivity (Wildman–Crippen MR) is 89.5 cm³/mol. The molecule has 1 aromatic rings. The molecule has 128 valence electrons. The zero-order valence-corrected chi connectivity index (χ0v) is 15.1. The van der Waals surface area contributed by atoms with Crippen LogP contribution in [0.25, 0.3) is 0 Å². The summed E-state index contributed by atoms with van der Waals surface area (Å²) in [5, 5.41) is 0.308. The number of hydrogen-bond donors (Lipinski definition) is 2. The van der Waals surface area contributed by atoms with E-state index in [0.29, 0.717) is 11.6 Å². The Morgan fingerprint density at radius 3 is 2.55 bits per heavy atom. The Labute approximate surface area is 142 Å². The molecule has 0 spiro atoms. The van der Waals surface area contributed by atoms with E-state index in [-0.39, 0.29) is 35.7 Å². The lowest BCUT2D eigenvalue weighted by molar-refractivity contribution is 0.0901. The Balaban J connectivity index is 0.00000441. The zero-order chi connectivity index (χ0) is 16.0. The minimum atomic E-state index is -3.77. The monoisotopic (exact) mass is 372 g/mol. The minimum Gasteiger partial charge on any atom is -0.487 e. The predicted octanol–water partition coefficient (Wildman–Crippen LogP) is 1.80. The van der Waals surface area contributed by atoms with Crippen molar-refractivity contribution in [2.24, 2.45) is 5.73 Å². The van der Waals surface area contributed by atoms with Gasteiger partial charge in [0.05, 0.1) is 6.61 Å². The molecule has 0 aliphatic rings. The molecule has 6 nitrogen and oxygen atoms in total. The molecule has 22 heavy (non-hydrogen) atoms.